The summed E-state index contributed by atoms with van der Waals surface area (Å²) >= 11 is 3.65. The van der Waals surface area contributed by atoms with Gasteiger partial charge in [0.15, 0.2) is 11.6 Å². The third kappa shape index (κ3) is 5.19. The van der Waals surface area contributed by atoms with Gasteiger partial charge in [-0.25, -0.2) is 0 Å². The summed E-state index contributed by atoms with van der Waals surface area (Å²) in [6.45, 7) is 2.73. The minimum absolute atomic E-state index is 0. The molecule has 9 heteroatoms. The van der Waals surface area contributed by atoms with Crippen LogP contribution in [-0.2, 0) is 6.42 Å². The lowest BCUT2D eigenvalue weighted by atomic mass is 10.2. The molecule has 2 N–H and O–H groups in total. The largest absolute Gasteiger partial charge is 0.368 e. The molecule has 29 heavy (non-hydrogen) atoms. The highest BCUT2D eigenvalue weighted by molar-refractivity contribution is 14.0. The molecule has 1 saturated heterocycles. The van der Waals surface area contributed by atoms with Crippen LogP contribution in [0.1, 0.15) is 12.2 Å². The first-order chi connectivity index (χ1) is 13.7. The van der Waals surface area contributed by atoms with Gasteiger partial charge >= 0.3 is 0 Å². The zero-order chi connectivity index (χ0) is 19.3. The van der Waals surface area contributed by atoms with E-state index >= 15 is 0 Å². The molecule has 1 unspecified atom stereocenters. The monoisotopic (exact) mass is 569 g/mol. The van der Waals surface area contributed by atoms with Crippen molar-refractivity contribution in [1.29, 1.82) is 0 Å². The second-order valence-corrected chi connectivity index (χ2v) is 7.68. The van der Waals surface area contributed by atoms with E-state index in [1.807, 2.05) is 41.9 Å². The summed E-state index contributed by atoms with van der Waals surface area (Å²) in [5.74, 6) is 1.77. The van der Waals surface area contributed by atoms with Gasteiger partial charge in [-0.15, -0.1) is 34.2 Å². The summed E-state index contributed by atoms with van der Waals surface area (Å²) < 4.78 is 3.16. The van der Waals surface area contributed by atoms with Gasteiger partial charge in [0.25, 0.3) is 0 Å². The molecule has 0 amide bonds. The summed E-state index contributed by atoms with van der Waals surface area (Å²) in [4.78, 5) is 6.77. The lowest BCUT2D eigenvalue weighted by molar-refractivity contribution is 0.646. The van der Waals surface area contributed by atoms with Crippen LogP contribution < -0.4 is 15.5 Å². The van der Waals surface area contributed by atoms with E-state index in [0.717, 1.165) is 54.4 Å². The third-order valence-electron chi connectivity index (χ3n) is 4.97. The number of para-hydroxylation sites is 1. The minimum atomic E-state index is 0. The van der Waals surface area contributed by atoms with Crippen molar-refractivity contribution in [2.45, 2.75) is 18.9 Å². The van der Waals surface area contributed by atoms with Crippen LogP contribution >= 0.6 is 39.9 Å². The molecule has 0 bridgehead atoms. The number of nitrogens with zero attached hydrogens (tertiary/aromatic N) is 5. The maximum Gasteiger partial charge on any atom is 0.191 e. The average molecular weight is 570 g/mol. The predicted octanol–water partition coefficient (Wildman–Crippen LogP) is 3.10. The first kappa shape index (κ1) is 21.8. The van der Waals surface area contributed by atoms with Crippen molar-refractivity contribution in [3.05, 3.63) is 59.0 Å². The first-order valence-electron chi connectivity index (χ1n) is 9.50. The van der Waals surface area contributed by atoms with Gasteiger partial charge < -0.3 is 15.5 Å². The van der Waals surface area contributed by atoms with Crippen molar-refractivity contribution in [3.8, 4) is 0 Å². The van der Waals surface area contributed by atoms with Crippen molar-refractivity contribution in [1.82, 2.24) is 25.2 Å². The number of guanidine groups is 1. The molecule has 3 aromatic rings. The number of hydrogen-bond donors (Lipinski definition) is 2. The smallest absolute Gasteiger partial charge is 0.191 e. The SMILES string of the molecule is CN=C(NCCc1nnc2ccccn12)NC1CCN(c2ccccc2Br)C1.I. The van der Waals surface area contributed by atoms with Crippen LogP contribution in [-0.4, -0.2) is 53.3 Å². The number of halogens is 2. The van der Waals surface area contributed by atoms with Gasteiger partial charge in [-0.05, 0) is 46.6 Å². The van der Waals surface area contributed by atoms with E-state index in [1.165, 1.54) is 5.69 Å². The van der Waals surface area contributed by atoms with E-state index in [2.05, 4.69) is 64.9 Å². The van der Waals surface area contributed by atoms with Gasteiger partial charge in [0.2, 0.25) is 0 Å². The number of nitrogens with one attached hydrogen (secondary N) is 2. The molecule has 7 nitrogen and oxygen atoms in total. The molecule has 1 aromatic carbocycles. The van der Waals surface area contributed by atoms with Crippen molar-refractivity contribution >= 4 is 57.2 Å². The van der Waals surface area contributed by atoms with E-state index in [0.29, 0.717) is 6.04 Å². The Hall–Kier alpha value is -1.88. The molecular weight excluding hydrogens is 545 g/mol. The molecule has 0 radical (unpaired) electrons. The fourth-order valence-electron chi connectivity index (χ4n) is 3.55. The molecular formula is C20H25BrIN7. The van der Waals surface area contributed by atoms with Gasteiger partial charge in [-0.1, -0.05) is 18.2 Å². The molecule has 0 saturated carbocycles. The Labute approximate surface area is 196 Å². The molecule has 0 aliphatic carbocycles. The zero-order valence-corrected chi connectivity index (χ0v) is 20.2. The summed E-state index contributed by atoms with van der Waals surface area (Å²) in [6, 6.07) is 14.7. The summed E-state index contributed by atoms with van der Waals surface area (Å²) in [6.07, 6.45) is 3.85. The molecule has 1 aliphatic heterocycles. The maximum absolute atomic E-state index is 4.37. The Morgan fingerprint density at radius 3 is 2.86 bits per heavy atom. The lowest BCUT2D eigenvalue weighted by Crippen LogP contribution is -2.45. The molecule has 154 valence electrons. The normalized spacial score (nSPS) is 16.7. The van der Waals surface area contributed by atoms with Crippen LogP contribution in [0.15, 0.2) is 58.1 Å². The van der Waals surface area contributed by atoms with Crippen molar-refractivity contribution in [2.75, 3.05) is 31.6 Å². The number of rotatable bonds is 5. The van der Waals surface area contributed by atoms with Gasteiger partial charge in [0.1, 0.15) is 5.82 Å². The van der Waals surface area contributed by atoms with Crippen LogP contribution in [0.5, 0.6) is 0 Å². The van der Waals surface area contributed by atoms with Gasteiger partial charge in [0.05, 0.1) is 5.69 Å². The Balaban J connectivity index is 0.00000240. The van der Waals surface area contributed by atoms with Crippen LogP contribution in [0.2, 0.25) is 0 Å². The number of hydrogen-bond acceptors (Lipinski definition) is 4. The van der Waals surface area contributed by atoms with Crippen LogP contribution in [0.4, 0.5) is 5.69 Å². The first-order valence-corrected chi connectivity index (χ1v) is 10.3. The molecule has 1 fully saturated rings. The standard InChI is InChI=1S/C20H24BrN7.HI/c1-22-20(23-11-9-19-26-25-18-8-4-5-12-28(18)19)24-15-10-13-27(14-15)17-7-3-2-6-16(17)21;/h2-8,12,15H,9-11,13-14H2,1H3,(H2,22,23,24);1H. The maximum atomic E-state index is 4.37. The Kier molecular flexibility index (Phi) is 7.70. The average Bonchev–Trinajstić information content (AvgIpc) is 3.35. The second-order valence-electron chi connectivity index (χ2n) is 6.82. The fourth-order valence-corrected chi connectivity index (χ4v) is 4.08. The van der Waals surface area contributed by atoms with Gasteiger partial charge in [0, 0.05) is 49.8 Å². The van der Waals surface area contributed by atoms with Crippen molar-refractivity contribution in [2.24, 2.45) is 4.99 Å². The van der Waals surface area contributed by atoms with Crippen molar-refractivity contribution < 1.29 is 0 Å². The number of aliphatic imine (C=N–C) groups is 1. The van der Waals surface area contributed by atoms with E-state index in [9.17, 15) is 0 Å². The van der Waals surface area contributed by atoms with E-state index in [1.54, 1.807) is 0 Å². The fraction of sp³-hybridized carbons (Fsp3) is 0.350. The molecule has 4 rings (SSSR count). The number of pyridine rings is 1. The molecule has 1 atom stereocenters. The number of anilines is 1. The molecule has 2 aromatic heterocycles. The number of fused-ring (bicyclic) bond motifs is 1. The Bertz CT molecular complexity index is 974. The highest BCUT2D eigenvalue weighted by Gasteiger charge is 2.24. The van der Waals surface area contributed by atoms with Crippen LogP contribution in [0, 0.1) is 0 Å². The summed E-state index contributed by atoms with van der Waals surface area (Å²) in [5.41, 5.74) is 2.12. The predicted molar refractivity (Wildman–Crippen MR) is 131 cm³/mol. The molecule has 1 aliphatic rings. The van der Waals surface area contributed by atoms with E-state index in [4.69, 9.17) is 0 Å². The topological polar surface area (TPSA) is 69.8 Å². The van der Waals surface area contributed by atoms with E-state index < -0.39 is 0 Å². The summed E-state index contributed by atoms with van der Waals surface area (Å²) in [7, 11) is 1.81. The minimum Gasteiger partial charge on any atom is -0.368 e. The Morgan fingerprint density at radius 2 is 2.03 bits per heavy atom. The lowest BCUT2D eigenvalue weighted by Gasteiger charge is -2.21. The molecule has 0 spiro atoms. The Morgan fingerprint density at radius 1 is 1.21 bits per heavy atom. The quantitative estimate of drug-likeness (QED) is 0.281. The highest BCUT2D eigenvalue weighted by Crippen LogP contribution is 2.28. The van der Waals surface area contributed by atoms with Crippen molar-refractivity contribution in [3.63, 3.8) is 0 Å². The number of benzene rings is 1. The van der Waals surface area contributed by atoms with E-state index in [-0.39, 0.29) is 24.0 Å². The summed E-state index contributed by atoms with van der Waals surface area (Å²) in [5, 5.41) is 15.4. The van der Waals surface area contributed by atoms with Gasteiger partial charge in [-0.3, -0.25) is 9.39 Å². The highest BCUT2D eigenvalue weighted by atomic mass is 127. The van der Waals surface area contributed by atoms with Crippen LogP contribution in [0.25, 0.3) is 5.65 Å². The van der Waals surface area contributed by atoms with Gasteiger partial charge in [-0.2, -0.15) is 0 Å². The number of aromatic nitrogens is 3. The molecule has 3 heterocycles. The zero-order valence-electron chi connectivity index (χ0n) is 16.3. The second kappa shape index (κ2) is 10.2. The van der Waals surface area contributed by atoms with Crippen LogP contribution in [0.3, 0.4) is 0 Å². The third-order valence-corrected chi connectivity index (χ3v) is 5.64.